The average molecular weight is 433 g/mol. The first-order chi connectivity index (χ1) is 15.8. The van der Waals surface area contributed by atoms with Gasteiger partial charge in [-0.3, -0.25) is 4.90 Å². The van der Waals surface area contributed by atoms with Crippen LogP contribution in [0, 0.1) is 0 Å². The fourth-order valence-electron chi connectivity index (χ4n) is 4.28. The Balaban J connectivity index is 1.69. The fraction of sp³-hybridized carbons (Fsp3) is 0.333. The molecule has 4 rings (SSSR count). The number of hydrogen-bond acceptors (Lipinski definition) is 5. The molecule has 1 heterocycles. The van der Waals surface area contributed by atoms with Gasteiger partial charge in [-0.2, -0.15) is 0 Å². The predicted molar refractivity (Wildman–Crippen MR) is 128 cm³/mol. The molecule has 3 aromatic carbocycles. The second-order valence-corrected chi connectivity index (χ2v) is 8.00. The lowest BCUT2D eigenvalue weighted by Crippen LogP contribution is -2.33. The van der Waals surface area contributed by atoms with Crippen LogP contribution in [0.3, 0.4) is 0 Å². The summed E-state index contributed by atoms with van der Waals surface area (Å²) in [5.74, 6) is 2.56. The zero-order chi connectivity index (χ0) is 22.2. The normalized spacial score (nSPS) is 15.6. The van der Waals surface area contributed by atoms with Gasteiger partial charge in [-0.15, -0.1) is 0 Å². The van der Waals surface area contributed by atoms with Crippen molar-refractivity contribution in [3.05, 3.63) is 89.5 Å². The largest absolute Gasteiger partial charge is 0.497 e. The van der Waals surface area contributed by atoms with Crippen LogP contribution in [0.5, 0.6) is 17.2 Å². The number of methoxy groups -OCH3 is 2. The highest BCUT2D eigenvalue weighted by molar-refractivity contribution is 5.47. The Bertz CT molecular complexity index is 985. The summed E-state index contributed by atoms with van der Waals surface area (Å²) in [6, 6.07) is 24.8. The molecular weight excluding hydrogens is 400 g/mol. The highest BCUT2D eigenvalue weighted by Gasteiger charge is 2.27. The molecule has 0 saturated carbocycles. The Labute approximate surface area is 190 Å². The molecule has 3 aromatic rings. The third kappa shape index (κ3) is 5.42. The predicted octanol–water partition coefficient (Wildman–Crippen LogP) is 4.67. The van der Waals surface area contributed by atoms with Crippen molar-refractivity contribution in [2.45, 2.75) is 19.1 Å². The van der Waals surface area contributed by atoms with E-state index in [1.807, 2.05) is 36.4 Å². The molecule has 1 atom stereocenters. The van der Waals surface area contributed by atoms with Crippen molar-refractivity contribution in [2.24, 2.45) is 0 Å². The van der Waals surface area contributed by atoms with E-state index in [4.69, 9.17) is 14.2 Å². The van der Waals surface area contributed by atoms with Gasteiger partial charge in [0.1, 0.15) is 23.9 Å². The van der Waals surface area contributed by atoms with Gasteiger partial charge in [0.15, 0.2) is 0 Å². The molecule has 1 unspecified atom stereocenters. The highest BCUT2D eigenvalue weighted by Crippen LogP contribution is 2.38. The Morgan fingerprint density at radius 1 is 0.844 bits per heavy atom. The van der Waals surface area contributed by atoms with Crippen LogP contribution in [0.4, 0.5) is 0 Å². The van der Waals surface area contributed by atoms with Crippen molar-refractivity contribution in [1.29, 1.82) is 0 Å². The third-order valence-corrected chi connectivity index (χ3v) is 5.89. The Morgan fingerprint density at radius 2 is 1.72 bits per heavy atom. The SMILES string of the molecule is COc1ccc(OC)c(C(c2cccc(OCc3ccccc3)c2)N2CCCNCC2)c1. The van der Waals surface area contributed by atoms with E-state index in [9.17, 15) is 0 Å². The number of rotatable bonds is 8. The Hall–Kier alpha value is -3.02. The summed E-state index contributed by atoms with van der Waals surface area (Å²) in [6.45, 7) is 4.52. The molecule has 5 nitrogen and oxygen atoms in total. The lowest BCUT2D eigenvalue weighted by Gasteiger charge is -2.32. The van der Waals surface area contributed by atoms with Gasteiger partial charge >= 0.3 is 0 Å². The van der Waals surface area contributed by atoms with Gasteiger partial charge in [0.25, 0.3) is 0 Å². The molecular formula is C27H32N2O3. The lowest BCUT2D eigenvalue weighted by molar-refractivity contribution is 0.234. The highest BCUT2D eigenvalue weighted by atomic mass is 16.5. The molecule has 1 fully saturated rings. The number of ether oxygens (including phenoxy) is 3. The van der Waals surface area contributed by atoms with E-state index in [0.29, 0.717) is 6.61 Å². The second kappa shape index (κ2) is 11.0. The van der Waals surface area contributed by atoms with Crippen molar-refractivity contribution in [1.82, 2.24) is 10.2 Å². The van der Waals surface area contributed by atoms with E-state index in [1.165, 1.54) is 5.56 Å². The molecule has 5 heteroatoms. The minimum atomic E-state index is 0.0419. The zero-order valence-electron chi connectivity index (χ0n) is 18.9. The first-order valence-electron chi connectivity index (χ1n) is 11.2. The molecule has 0 radical (unpaired) electrons. The quantitative estimate of drug-likeness (QED) is 0.560. The van der Waals surface area contributed by atoms with E-state index in [-0.39, 0.29) is 6.04 Å². The Kier molecular flexibility index (Phi) is 7.64. The lowest BCUT2D eigenvalue weighted by atomic mass is 9.95. The summed E-state index contributed by atoms with van der Waals surface area (Å²) in [6.07, 6.45) is 1.10. The zero-order valence-corrected chi connectivity index (χ0v) is 18.9. The summed E-state index contributed by atoms with van der Waals surface area (Å²) >= 11 is 0. The third-order valence-electron chi connectivity index (χ3n) is 5.89. The van der Waals surface area contributed by atoms with E-state index in [0.717, 1.165) is 61.0 Å². The molecule has 0 bridgehead atoms. The van der Waals surface area contributed by atoms with Crippen LogP contribution in [0.2, 0.25) is 0 Å². The van der Waals surface area contributed by atoms with Gasteiger partial charge in [-0.25, -0.2) is 0 Å². The topological polar surface area (TPSA) is 43.0 Å². The van der Waals surface area contributed by atoms with Crippen molar-refractivity contribution < 1.29 is 14.2 Å². The van der Waals surface area contributed by atoms with Gasteiger partial charge in [0.2, 0.25) is 0 Å². The summed E-state index contributed by atoms with van der Waals surface area (Å²) in [4.78, 5) is 2.52. The van der Waals surface area contributed by atoms with Crippen LogP contribution in [0.25, 0.3) is 0 Å². The molecule has 168 valence electrons. The molecule has 1 aliphatic heterocycles. The van der Waals surface area contributed by atoms with Gasteiger partial charge in [0, 0.05) is 25.2 Å². The van der Waals surface area contributed by atoms with Gasteiger partial charge in [0.05, 0.1) is 20.3 Å². The Morgan fingerprint density at radius 3 is 2.53 bits per heavy atom. The maximum atomic E-state index is 6.15. The average Bonchev–Trinajstić information content (AvgIpc) is 3.13. The molecule has 1 aliphatic rings. The molecule has 32 heavy (non-hydrogen) atoms. The minimum Gasteiger partial charge on any atom is -0.497 e. The smallest absolute Gasteiger partial charge is 0.124 e. The molecule has 0 aromatic heterocycles. The van der Waals surface area contributed by atoms with Crippen LogP contribution < -0.4 is 19.5 Å². The van der Waals surface area contributed by atoms with Crippen molar-refractivity contribution in [3.63, 3.8) is 0 Å². The first-order valence-corrected chi connectivity index (χ1v) is 11.2. The number of nitrogens with zero attached hydrogens (tertiary/aromatic N) is 1. The first kappa shape index (κ1) is 22.2. The van der Waals surface area contributed by atoms with Crippen molar-refractivity contribution in [3.8, 4) is 17.2 Å². The summed E-state index contributed by atoms with van der Waals surface area (Å²) in [5, 5.41) is 3.51. The molecule has 0 amide bonds. The van der Waals surface area contributed by atoms with E-state index < -0.39 is 0 Å². The monoisotopic (exact) mass is 432 g/mol. The molecule has 1 saturated heterocycles. The number of benzene rings is 3. The maximum absolute atomic E-state index is 6.15. The van der Waals surface area contributed by atoms with Crippen molar-refractivity contribution in [2.75, 3.05) is 40.4 Å². The number of nitrogens with one attached hydrogen (secondary N) is 1. The van der Waals surface area contributed by atoms with Gasteiger partial charge < -0.3 is 19.5 Å². The van der Waals surface area contributed by atoms with Crippen molar-refractivity contribution >= 4 is 0 Å². The minimum absolute atomic E-state index is 0.0419. The van der Waals surface area contributed by atoms with Crippen LogP contribution in [-0.4, -0.2) is 45.3 Å². The number of hydrogen-bond donors (Lipinski definition) is 1. The molecule has 0 aliphatic carbocycles. The van der Waals surface area contributed by atoms with Crippen LogP contribution in [0.1, 0.15) is 29.2 Å². The van der Waals surface area contributed by atoms with Crippen LogP contribution >= 0.6 is 0 Å². The van der Waals surface area contributed by atoms with Crippen LogP contribution in [0.15, 0.2) is 72.8 Å². The van der Waals surface area contributed by atoms with E-state index >= 15 is 0 Å². The van der Waals surface area contributed by atoms with E-state index in [1.54, 1.807) is 14.2 Å². The molecule has 0 spiro atoms. The standard InChI is InChI=1S/C27H32N2O3/c1-30-23-12-13-26(31-2)25(19-23)27(29-16-7-14-28-15-17-29)22-10-6-11-24(18-22)32-20-21-8-4-3-5-9-21/h3-6,8-13,18-19,27-28H,7,14-17,20H2,1-2H3. The second-order valence-electron chi connectivity index (χ2n) is 8.00. The van der Waals surface area contributed by atoms with Crippen LogP contribution in [-0.2, 0) is 6.61 Å². The van der Waals surface area contributed by atoms with E-state index in [2.05, 4.69) is 46.6 Å². The fourth-order valence-corrected chi connectivity index (χ4v) is 4.28. The molecule has 1 N–H and O–H groups in total. The maximum Gasteiger partial charge on any atom is 0.124 e. The van der Waals surface area contributed by atoms with Gasteiger partial charge in [-0.05, 0) is 54.4 Å². The van der Waals surface area contributed by atoms with Gasteiger partial charge in [-0.1, -0.05) is 42.5 Å². The summed E-state index contributed by atoms with van der Waals surface area (Å²) in [7, 11) is 3.43. The summed E-state index contributed by atoms with van der Waals surface area (Å²) < 4.78 is 17.5. The summed E-state index contributed by atoms with van der Waals surface area (Å²) in [5.41, 5.74) is 3.44.